The monoisotopic (exact) mass is 323 g/mol. The summed E-state index contributed by atoms with van der Waals surface area (Å²) in [4.78, 5) is 20.8. The molecule has 1 aromatic carbocycles. The van der Waals surface area contributed by atoms with Gasteiger partial charge in [-0.3, -0.25) is 4.79 Å². The van der Waals surface area contributed by atoms with E-state index in [0.29, 0.717) is 18.7 Å². The Bertz CT molecular complexity index is 697. The third-order valence-corrected chi connectivity index (χ3v) is 4.79. The highest BCUT2D eigenvalue weighted by atomic mass is 16.1. The molecule has 2 aromatic rings. The average Bonchev–Trinajstić information content (AvgIpc) is 2.71. The number of nitrogens with one attached hydrogen (secondary N) is 1. The summed E-state index contributed by atoms with van der Waals surface area (Å²) < 4.78 is 0. The summed E-state index contributed by atoms with van der Waals surface area (Å²) in [7, 11) is 0. The van der Waals surface area contributed by atoms with Crippen molar-refractivity contribution in [3.05, 3.63) is 59.7 Å². The lowest BCUT2D eigenvalue weighted by Gasteiger charge is -2.27. The number of nitrogens with zero attached hydrogens (tertiary/aromatic N) is 2. The van der Waals surface area contributed by atoms with Crippen LogP contribution in [0, 0.1) is 5.41 Å². The molecular weight excluding hydrogens is 298 g/mol. The fourth-order valence-corrected chi connectivity index (χ4v) is 3.42. The first kappa shape index (κ1) is 16.6. The van der Waals surface area contributed by atoms with Crippen LogP contribution in [0.1, 0.15) is 56.1 Å². The molecule has 1 aliphatic rings. The lowest BCUT2D eigenvalue weighted by atomic mass is 9.83. The van der Waals surface area contributed by atoms with Gasteiger partial charge in [0.05, 0.1) is 6.04 Å². The Kier molecular flexibility index (Phi) is 4.93. The summed E-state index contributed by atoms with van der Waals surface area (Å²) in [5, 5.41) is 3.25. The number of hydrogen-bond donors (Lipinski definition) is 1. The van der Waals surface area contributed by atoms with Crippen molar-refractivity contribution < 1.29 is 4.79 Å². The van der Waals surface area contributed by atoms with Gasteiger partial charge in [-0.05, 0) is 41.9 Å². The number of amides is 1. The third kappa shape index (κ3) is 4.19. The van der Waals surface area contributed by atoms with Crippen molar-refractivity contribution >= 4 is 5.91 Å². The van der Waals surface area contributed by atoms with Crippen LogP contribution in [0.3, 0.4) is 0 Å². The third-order valence-electron chi connectivity index (χ3n) is 4.79. The van der Waals surface area contributed by atoms with E-state index in [-0.39, 0.29) is 17.4 Å². The first-order valence-corrected chi connectivity index (χ1v) is 8.67. The molecule has 3 rings (SSSR count). The highest BCUT2D eigenvalue weighted by molar-refractivity contribution is 5.76. The lowest BCUT2D eigenvalue weighted by Crippen LogP contribution is -2.31. The number of carbonyl (C=O) groups excluding carboxylic acids is 1. The van der Waals surface area contributed by atoms with Gasteiger partial charge in [0.2, 0.25) is 5.91 Å². The largest absolute Gasteiger partial charge is 0.349 e. The Morgan fingerprint density at radius 3 is 2.75 bits per heavy atom. The fourth-order valence-electron chi connectivity index (χ4n) is 3.42. The molecule has 1 atom stereocenters. The lowest BCUT2D eigenvalue weighted by molar-refractivity contribution is -0.122. The zero-order valence-electron chi connectivity index (χ0n) is 14.5. The Hall–Kier alpha value is -2.23. The predicted molar refractivity (Wildman–Crippen MR) is 94.4 cm³/mol. The maximum atomic E-state index is 12.5. The Labute approximate surface area is 143 Å². The summed E-state index contributed by atoms with van der Waals surface area (Å²) in [5.41, 5.74) is 2.85. The van der Waals surface area contributed by atoms with Crippen LogP contribution in [-0.2, 0) is 17.6 Å². The van der Waals surface area contributed by atoms with Crippen molar-refractivity contribution in [2.45, 2.75) is 52.0 Å². The second-order valence-corrected chi connectivity index (χ2v) is 7.35. The second-order valence-electron chi connectivity index (χ2n) is 7.35. The van der Waals surface area contributed by atoms with Gasteiger partial charge >= 0.3 is 0 Å². The highest BCUT2D eigenvalue weighted by Crippen LogP contribution is 2.39. The topological polar surface area (TPSA) is 54.9 Å². The van der Waals surface area contributed by atoms with Gasteiger partial charge in [-0.1, -0.05) is 38.1 Å². The van der Waals surface area contributed by atoms with Crippen LogP contribution < -0.4 is 5.32 Å². The van der Waals surface area contributed by atoms with Gasteiger partial charge in [0.1, 0.15) is 5.82 Å². The molecule has 0 spiro atoms. The second kappa shape index (κ2) is 7.12. The van der Waals surface area contributed by atoms with Crippen LogP contribution in [0.2, 0.25) is 0 Å². The van der Waals surface area contributed by atoms with E-state index < -0.39 is 0 Å². The fraction of sp³-hybridized carbons (Fsp3) is 0.450. The molecule has 0 bridgehead atoms. The van der Waals surface area contributed by atoms with Crippen molar-refractivity contribution in [3.63, 3.8) is 0 Å². The normalized spacial score (nSPS) is 19.2. The highest BCUT2D eigenvalue weighted by Gasteiger charge is 2.30. The summed E-state index contributed by atoms with van der Waals surface area (Å²) >= 11 is 0. The van der Waals surface area contributed by atoms with E-state index in [2.05, 4.69) is 53.4 Å². The molecule has 4 nitrogen and oxygen atoms in total. The number of rotatable bonds is 4. The van der Waals surface area contributed by atoms with Crippen molar-refractivity contribution in [2.24, 2.45) is 5.41 Å². The van der Waals surface area contributed by atoms with E-state index >= 15 is 0 Å². The summed E-state index contributed by atoms with van der Waals surface area (Å²) in [6, 6.07) is 10.4. The average molecular weight is 323 g/mol. The summed E-state index contributed by atoms with van der Waals surface area (Å²) in [6.07, 6.45) is 7.61. The quantitative estimate of drug-likeness (QED) is 0.874. The van der Waals surface area contributed by atoms with Gasteiger partial charge in [0.25, 0.3) is 0 Å². The number of aryl methyl sites for hydroxylation is 2. The van der Waals surface area contributed by atoms with Crippen molar-refractivity contribution in [1.82, 2.24) is 15.3 Å². The molecule has 126 valence electrons. The number of fused-ring (bicyclic) bond motifs is 1. The number of benzene rings is 1. The minimum absolute atomic E-state index is 0.0694. The van der Waals surface area contributed by atoms with Gasteiger partial charge in [-0.25, -0.2) is 9.97 Å². The minimum Gasteiger partial charge on any atom is -0.349 e. The summed E-state index contributed by atoms with van der Waals surface area (Å²) in [5.74, 6) is 0.786. The number of hydrogen-bond acceptors (Lipinski definition) is 3. The Morgan fingerprint density at radius 2 is 1.96 bits per heavy atom. The van der Waals surface area contributed by atoms with Gasteiger partial charge in [0, 0.05) is 25.2 Å². The first-order valence-electron chi connectivity index (χ1n) is 8.67. The molecule has 0 saturated heterocycles. The smallest absolute Gasteiger partial charge is 0.220 e. The first-order chi connectivity index (χ1) is 11.5. The molecule has 1 aromatic heterocycles. The SMILES string of the molecule is CC1(C)CCc2ccccc2C(NC(=O)CCc2ncccn2)C1. The van der Waals surface area contributed by atoms with Crippen LogP contribution in [0.5, 0.6) is 0 Å². The zero-order valence-corrected chi connectivity index (χ0v) is 14.5. The molecule has 1 heterocycles. The Balaban J connectivity index is 1.69. The molecule has 1 N–H and O–H groups in total. The molecule has 0 aliphatic heterocycles. The van der Waals surface area contributed by atoms with Crippen LogP contribution in [0.15, 0.2) is 42.7 Å². The van der Waals surface area contributed by atoms with Crippen LogP contribution in [0.25, 0.3) is 0 Å². The van der Waals surface area contributed by atoms with E-state index in [1.807, 2.05) is 0 Å². The molecule has 24 heavy (non-hydrogen) atoms. The van der Waals surface area contributed by atoms with E-state index in [9.17, 15) is 4.79 Å². The Morgan fingerprint density at radius 1 is 1.21 bits per heavy atom. The maximum absolute atomic E-state index is 12.5. The van der Waals surface area contributed by atoms with Gasteiger partial charge in [-0.15, -0.1) is 0 Å². The molecule has 0 saturated carbocycles. The van der Waals surface area contributed by atoms with E-state index in [0.717, 1.165) is 19.3 Å². The number of aromatic nitrogens is 2. The molecule has 4 heteroatoms. The van der Waals surface area contributed by atoms with E-state index in [1.165, 1.54) is 11.1 Å². The van der Waals surface area contributed by atoms with Gasteiger partial charge < -0.3 is 5.32 Å². The van der Waals surface area contributed by atoms with Crippen molar-refractivity contribution in [2.75, 3.05) is 0 Å². The maximum Gasteiger partial charge on any atom is 0.220 e. The predicted octanol–water partition coefficient (Wildman–Crippen LogP) is 3.63. The van der Waals surface area contributed by atoms with Crippen molar-refractivity contribution in [3.8, 4) is 0 Å². The molecule has 1 unspecified atom stereocenters. The molecule has 1 aliphatic carbocycles. The van der Waals surface area contributed by atoms with Crippen molar-refractivity contribution in [1.29, 1.82) is 0 Å². The van der Waals surface area contributed by atoms with Gasteiger partial charge in [-0.2, -0.15) is 0 Å². The number of carbonyl (C=O) groups is 1. The van der Waals surface area contributed by atoms with Crippen LogP contribution in [0.4, 0.5) is 0 Å². The molecule has 0 fully saturated rings. The standard InChI is InChI=1S/C20H25N3O/c1-20(2)11-10-15-6-3-4-7-16(15)17(14-20)23-19(24)9-8-18-21-12-5-13-22-18/h3-7,12-13,17H,8-11,14H2,1-2H3,(H,23,24). The van der Waals surface area contributed by atoms with E-state index in [4.69, 9.17) is 0 Å². The molecule has 1 amide bonds. The zero-order chi connectivity index (χ0) is 17.0. The van der Waals surface area contributed by atoms with Gasteiger partial charge in [0.15, 0.2) is 0 Å². The van der Waals surface area contributed by atoms with Crippen LogP contribution in [-0.4, -0.2) is 15.9 Å². The summed E-state index contributed by atoms with van der Waals surface area (Å²) in [6.45, 7) is 4.58. The van der Waals surface area contributed by atoms with Crippen LogP contribution >= 0.6 is 0 Å². The van der Waals surface area contributed by atoms with E-state index in [1.54, 1.807) is 18.5 Å². The molecular formula is C20H25N3O. The minimum atomic E-state index is 0.0694. The molecule has 0 radical (unpaired) electrons.